The fraction of sp³-hybridized carbons (Fsp3) is 0.150. The second-order valence-electron chi connectivity index (χ2n) is 19.1. The van der Waals surface area contributed by atoms with E-state index in [0.29, 0.717) is 23.5 Å². The molecule has 1 unspecified atom stereocenters. The van der Waals surface area contributed by atoms with Gasteiger partial charge in [-0.1, -0.05) is 192 Å². The highest BCUT2D eigenvalue weighted by Gasteiger charge is 2.43. The van der Waals surface area contributed by atoms with Crippen LogP contribution in [0.2, 0.25) is 0 Å². The van der Waals surface area contributed by atoms with Crippen molar-refractivity contribution in [3.63, 3.8) is 0 Å². The molecule has 1 aliphatic carbocycles. The van der Waals surface area contributed by atoms with Gasteiger partial charge >= 0.3 is 0 Å². The molecule has 5 nitrogen and oxygen atoms in total. The molecule has 11 aromatic rings. The maximum Gasteiger partial charge on any atom is 0.238 e. The van der Waals surface area contributed by atoms with Crippen molar-refractivity contribution in [3.05, 3.63) is 199 Å². The molecule has 0 spiro atoms. The standard InChI is InChI=1S/C60H49N5/c1-38-37-59(2,3)53-45(26-17-27-50(53)60(38,4)5)40-30-32-44(33-31-40)64-51-28-14-12-24-46(51)48-34-35-49-47-25-13-15-29-52(47)65(55(49)54(48)64)58-62-56(41-20-10-7-11-21-41)61-57(63-58)43-23-16-22-42(36-43)39-18-8-6-9-19-39/h6-36,38H,37H2,1-5H3. The van der Waals surface area contributed by atoms with Gasteiger partial charge in [-0.05, 0) is 86.9 Å². The zero-order chi connectivity index (χ0) is 44.0. The summed E-state index contributed by atoms with van der Waals surface area (Å²) in [5.41, 5.74) is 15.2. The maximum absolute atomic E-state index is 5.41. The summed E-state index contributed by atoms with van der Waals surface area (Å²) >= 11 is 0. The zero-order valence-corrected chi connectivity index (χ0v) is 37.4. The average Bonchev–Trinajstić information content (AvgIpc) is 3.87. The fourth-order valence-electron chi connectivity index (χ4n) is 11.0. The smallest absolute Gasteiger partial charge is 0.238 e. The second kappa shape index (κ2) is 14.7. The fourth-order valence-corrected chi connectivity index (χ4v) is 11.0. The lowest BCUT2D eigenvalue weighted by Crippen LogP contribution is -2.40. The van der Waals surface area contributed by atoms with Crippen LogP contribution in [0.15, 0.2) is 188 Å². The number of aromatic nitrogens is 5. The maximum atomic E-state index is 5.41. The first-order chi connectivity index (χ1) is 31.7. The summed E-state index contributed by atoms with van der Waals surface area (Å²) in [4.78, 5) is 15.9. The Kier molecular flexibility index (Phi) is 8.83. The minimum atomic E-state index is 0.0609. The van der Waals surface area contributed by atoms with Crippen LogP contribution in [-0.2, 0) is 10.8 Å². The molecule has 314 valence electrons. The Balaban J connectivity index is 1.11. The first kappa shape index (κ1) is 39.0. The summed E-state index contributed by atoms with van der Waals surface area (Å²) in [6.07, 6.45) is 1.16. The van der Waals surface area contributed by atoms with Crippen LogP contribution in [0.5, 0.6) is 0 Å². The molecule has 12 rings (SSSR count). The molecule has 1 atom stereocenters. The highest BCUT2D eigenvalue weighted by atomic mass is 15.2. The van der Waals surface area contributed by atoms with Gasteiger partial charge in [0, 0.05) is 38.4 Å². The van der Waals surface area contributed by atoms with E-state index in [9.17, 15) is 0 Å². The molecule has 0 radical (unpaired) electrons. The summed E-state index contributed by atoms with van der Waals surface area (Å²) in [5, 5.41) is 4.64. The van der Waals surface area contributed by atoms with Crippen molar-refractivity contribution in [2.75, 3.05) is 0 Å². The van der Waals surface area contributed by atoms with Crippen molar-refractivity contribution in [1.29, 1.82) is 0 Å². The summed E-state index contributed by atoms with van der Waals surface area (Å²) in [7, 11) is 0. The predicted molar refractivity (Wildman–Crippen MR) is 270 cm³/mol. The van der Waals surface area contributed by atoms with Gasteiger partial charge in [-0.25, -0.2) is 4.98 Å². The highest BCUT2D eigenvalue weighted by Crippen LogP contribution is 2.52. The van der Waals surface area contributed by atoms with Crippen LogP contribution in [0.4, 0.5) is 0 Å². The first-order valence-corrected chi connectivity index (χ1v) is 22.8. The van der Waals surface area contributed by atoms with Crippen LogP contribution in [0.3, 0.4) is 0 Å². The Morgan fingerprint density at radius 3 is 1.66 bits per heavy atom. The van der Waals surface area contributed by atoms with Gasteiger partial charge in [-0.2, -0.15) is 9.97 Å². The monoisotopic (exact) mass is 839 g/mol. The molecule has 0 N–H and O–H groups in total. The molecule has 3 aromatic heterocycles. The van der Waals surface area contributed by atoms with Crippen LogP contribution >= 0.6 is 0 Å². The lowest BCUT2D eigenvalue weighted by Gasteiger charge is -2.47. The van der Waals surface area contributed by atoms with Crippen molar-refractivity contribution in [1.82, 2.24) is 24.1 Å². The van der Waals surface area contributed by atoms with Crippen LogP contribution in [-0.4, -0.2) is 24.1 Å². The number of hydrogen-bond acceptors (Lipinski definition) is 3. The highest BCUT2D eigenvalue weighted by molar-refractivity contribution is 6.23. The van der Waals surface area contributed by atoms with Gasteiger partial charge in [0.2, 0.25) is 5.95 Å². The van der Waals surface area contributed by atoms with E-state index >= 15 is 0 Å². The molecule has 3 heterocycles. The largest absolute Gasteiger partial charge is 0.307 e. The number of para-hydroxylation sites is 2. The third-order valence-corrected chi connectivity index (χ3v) is 14.5. The van der Waals surface area contributed by atoms with Gasteiger partial charge in [0.25, 0.3) is 0 Å². The molecule has 0 aliphatic heterocycles. The van der Waals surface area contributed by atoms with Gasteiger partial charge in [0.05, 0.1) is 22.1 Å². The minimum Gasteiger partial charge on any atom is -0.307 e. The molecule has 0 amide bonds. The van der Waals surface area contributed by atoms with E-state index < -0.39 is 0 Å². The second-order valence-corrected chi connectivity index (χ2v) is 19.1. The van der Waals surface area contributed by atoms with Gasteiger partial charge < -0.3 is 4.57 Å². The molecule has 5 heteroatoms. The van der Waals surface area contributed by atoms with Crippen molar-refractivity contribution in [2.45, 2.75) is 51.9 Å². The Morgan fingerprint density at radius 2 is 0.985 bits per heavy atom. The van der Waals surface area contributed by atoms with Gasteiger partial charge in [-0.15, -0.1) is 0 Å². The normalized spacial score (nSPS) is 15.5. The Labute approximate surface area is 379 Å². The van der Waals surface area contributed by atoms with E-state index in [1.165, 1.54) is 33.0 Å². The summed E-state index contributed by atoms with van der Waals surface area (Å²) in [6, 6.07) is 67.5. The molecule has 0 saturated carbocycles. The Morgan fingerprint density at radius 1 is 0.446 bits per heavy atom. The molecule has 8 aromatic carbocycles. The summed E-state index contributed by atoms with van der Waals surface area (Å²) in [6.45, 7) is 12.1. The van der Waals surface area contributed by atoms with Gasteiger partial charge in [0.15, 0.2) is 11.6 Å². The molecular weight excluding hydrogens is 791 g/mol. The van der Waals surface area contributed by atoms with Crippen molar-refractivity contribution < 1.29 is 0 Å². The zero-order valence-electron chi connectivity index (χ0n) is 37.4. The van der Waals surface area contributed by atoms with E-state index in [1.807, 2.05) is 24.3 Å². The van der Waals surface area contributed by atoms with E-state index in [-0.39, 0.29) is 10.8 Å². The van der Waals surface area contributed by atoms with Crippen LogP contribution in [0, 0.1) is 5.92 Å². The van der Waals surface area contributed by atoms with Gasteiger partial charge in [0.1, 0.15) is 0 Å². The molecule has 0 saturated heterocycles. The van der Waals surface area contributed by atoms with Crippen molar-refractivity contribution in [2.24, 2.45) is 5.92 Å². The molecule has 1 aliphatic rings. The van der Waals surface area contributed by atoms with Crippen LogP contribution in [0.25, 0.3) is 100 Å². The first-order valence-electron chi connectivity index (χ1n) is 22.8. The summed E-state index contributed by atoms with van der Waals surface area (Å²) < 4.78 is 4.72. The number of fused-ring (bicyclic) bond motifs is 8. The number of rotatable bonds is 6. The minimum absolute atomic E-state index is 0.0609. The third-order valence-electron chi connectivity index (χ3n) is 14.5. The predicted octanol–water partition coefficient (Wildman–Crippen LogP) is 15.3. The number of hydrogen-bond donors (Lipinski definition) is 0. The quantitative estimate of drug-likeness (QED) is 0.168. The Bertz CT molecular complexity index is 3630. The van der Waals surface area contributed by atoms with E-state index in [0.717, 1.165) is 67.2 Å². The van der Waals surface area contributed by atoms with Crippen LogP contribution in [0.1, 0.15) is 52.2 Å². The Hall–Kier alpha value is -7.63. The number of benzene rings is 8. The van der Waals surface area contributed by atoms with Crippen molar-refractivity contribution >= 4 is 43.6 Å². The van der Waals surface area contributed by atoms with E-state index in [4.69, 9.17) is 15.0 Å². The topological polar surface area (TPSA) is 48.5 Å². The molecule has 0 bridgehead atoms. The SMILES string of the molecule is CC1CC(C)(C)c2c(-c3ccc(-n4c5ccccc5c5ccc6c7ccccc7n(-c7nc(-c8ccccc8)nc(-c8cccc(-c9ccccc9)c8)n7)c6c54)cc3)cccc2C1(C)C. The lowest BCUT2D eigenvalue weighted by molar-refractivity contribution is 0.234. The number of nitrogens with zero attached hydrogens (tertiary/aromatic N) is 5. The van der Waals surface area contributed by atoms with E-state index in [2.05, 4.69) is 208 Å². The van der Waals surface area contributed by atoms with Gasteiger partial charge in [-0.3, -0.25) is 4.57 Å². The van der Waals surface area contributed by atoms with Crippen molar-refractivity contribution in [3.8, 4) is 56.7 Å². The molecule has 0 fully saturated rings. The van der Waals surface area contributed by atoms with Crippen LogP contribution < -0.4 is 0 Å². The summed E-state index contributed by atoms with van der Waals surface area (Å²) in [5.74, 6) is 2.39. The average molecular weight is 840 g/mol. The van der Waals surface area contributed by atoms with E-state index in [1.54, 1.807) is 0 Å². The third kappa shape index (κ3) is 6.17. The molecular formula is C60H49N5. The lowest BCUT2D eigenvalue weighted by atomic mass is 9.57. The molecule has 65 heavy (non-hydrogen) atoms.